The molecule has 0 unspecified atom stereocenters. The maximum absolute atomic E-state index is 13.0. The summed E-state index contributed by atoms with van der Waals surface area (Å²) >= 11 is 0. The zero-order valence-corrected chi connectivity index (χ0v) is 13.1. The molecule has 0 aliphatic carbocycles. The molecule has 1 aromatic carbocycles. The number of carboxylic acids is 1. The summed E-state index contributed by atoms with van der Waals surface area (Å²) in [5.41, 5.74) is 1.34. The minimum absolute atomic E-state index is 0.140. The fourth-order valence-corrected chi connectivity index (χ4v) is 2.13. The van der Waals surface area contributed by atoms with Gasteiger partial charge in [-0.2, -0.15) is 5.10 Å². The highest BCUT2D eigenvalue weighted by Gasteiger charge is 2.26. The van der Waals surface area contributed by atoms with Gasteiger partial charge in [0.25, 0.3) is 5.91 Å². The Balaban J connectivity index is 2.25. The van der Waals surface area contributed by atoms with Crippen molar-refractivity contribution in [2.24, 2.45) is 5.92 Å². The second-order valence-electron chi connectivity index (χ2n) is 5.62. The van der Waals surface area contributed by atoms with E-state index < -0.39 is 17.9 Å². The van der Waals surface area contributed by atoms with Crippen LogP contribution in [0.2, 0.25) is 0 Å². The third kappa shape index (κ3) is 3.74. The highest BCUT2D eigenvalue weighted by molar-refractivity contribution is 5.96. The Morgan fingerprint density at radius 1 is 1.26 bits per heavy atom. The summed E-state index contributed by atoms with van der Waals surface area (Å²) in [6.07, 6.45) is 1.63. The molecule has 6 nitrogen and oxygen atoms in total. The van der Waals surface area contributed by atoms with Crippen molar-refractivity contribution in [1.82, 2.24) is 15.1 Å². The monoisotopic (exact) mass is 319 g/mol. The number of carboxylic acid groups (broad SMARTS) is 1. The molecule has 122 valence electrons. The van der Waals surface area contributed by atoms with E-state index >= 15 is 0 Å². The molecule has 0 spiro atoms. The van der Waals surface area contributed by atoms with Crippen molar-refractivity contribution in [3.8, 4) is 5.69 Å². The molecular formula is C16H18FN3O3. The average molecular weight is 319 g/mol. The first-order chi connectivity index (χ1) is 10.8. The minimum Gasteiger partial charge on any atom is -0.480 e. The van der Waals surface area contributed by atoms with Gasteiger partial charge >= 0.3 is 5.97 Å². The quantitative estimate of drug-likeness (QED) is 0.884. The zero-order valence-electron chi connectivity index (χ0n) is 13.1. The normalized spacial score (nSPS) is 12.2. The van der Waals surface area contributed by atoms with Crippen LogP contribution in [0.5, 0.6) is 0 Å². The van der Waals surface area contributed by atoms with Crippen molar-refractivity contribution in [2.75, 3.05) is 0 Å². The molecule has 7 heteroatoms. The molecule has 0 radical (unpaired) electrons. The molecule has 23 heavy (non-hydrogen) atoms. The summed E-state index contributed by atoms with van der Waals surface area (Å²) < 4.78 is 14.4. The molecule has 1 aromatic heterocycles. The van der Waals surface area contributed by atoms with Gasteiger partial charge in [-0.3, -0.25) is 4.79 Å². The van der Waals surface area contributed by atoms with Crippen molar-refractivity contribution in [3.63, 3.8) is 0 Å². The van der Waals surface area contributed by atoms with Gasteiger partial charge in [0.2, 0.25) is 0 Å². The Labute approximate surface area is 132 Å². The number of aryl methyl sites for hydroxylation is 1. The molecule has 0 fully saturated rings. The van der Waals surface area contributed by atoms with E-state index in [1.54, 1.807) is 27.0 Å². The summed E-state index contributed by atoms with van der Waals surface area (Å²) in [7, 11) is 0. The summed E-state index contributed by atoms with van der Waals surface area (Å²) in [6, 6.07) is 4.68. The van der Waals surface area contributed by atoms with E-state index in [0.29, 0.717) is 11.3 Å². The summed E-state index contributed by atoms with van der Waals surface area (Å²) in [5.74, 6) is -2.26. The Morgan fingerprint density at radius 2 is 1.87 bits per heavy atom. The van der Waals surface area contributed by atoms with Crippen molar-refractivity contribution in [3.05, 3.63) is 47.5 Å². The number of aliphatic carboxylic acids is 1. The van der Waals surface area contributed by atoms with Crippen molar-refractivity contribution < 1.29 is 19.1 Å². The molecule has 1 heterocycles. The third-order valence-corrected chi connectivity index (χ3v) is 3.42. The van der Waals surface area contributed by atoms with Crippen LogP contribution in [-0.4, -0.2) is 32.8 Å². The van der Waals surface area contributed by atoms with Crippen LogP contribution in [0, 0.1) is 18.7 Å². The number of nitrogens with zero attached hydrogens (tertiary/aromatic N) is 2. The zero-order chi connectivity index (χ0) is 17.1. The maximum Gasteiger partial charge on any atom is 0.326 e. The van der Waals surface area contributed by atoms with E-state index in [4.69, 9.17) is 5.11 Å². The molecule has 2 rings (SSSR count). The lowest BCUT2D eigenvalue weighted by Gasteiger charge is -2.17. The first-order valence-corrected chi connectivity index (χ1v) is 7.15. The molecule has 2 N–H and O–H groups in total. The lowest BCUT2D eigenvalue weighted by Crippen LogP contribution is -2.44. The molecule has 0 saturated heterocycles. The second kappa shape index (κ2) is 6.60. The number of carbonyl (C=O) groups excluding carboxylic acids is 1. The lowest BCUT2D eigenvalue weighted by atomic mass is 10.0. The van der Waals surface area contributed by atoms with E-state index in [2.05, 4.69) is 10.4 Å². The van der Waals surface area contributed by atoms with Gasteiger partial charge in [-0.05, 0) is 37.1 Å². The van der Waals surface area contributed by atoms with Gasteiger partial charge in [-0.15, -0.1) is 0 Å². The molecule has 1 amide bonds. The van der Waals surface area contributed by atoms with E-state index in [1.807, 2.05) is 0 Å². The lowest BCUT2D eigenvalue weighted by molar-refractivity contribution is -0.140. The smallest absolute Gasteiger partial charge is 0.326 e. The highest BCUT2D eigenvalue weighted by Crippen LogP contribution is 2.13. The number of aromatic nitrogens is 2. The van der Waals surface area contributed by atoms with Crippen LogP contribution < -0.4 is 5.32 Å². The molecular weight excluding hydrogens is 301 g/mol. The molecule has 2 aromatic rings. The molecule has 0 bridgehead atoms. The van der Waals surface area contributed by atoms with Gasteiger partial charge in [0.05, 0.1) is 5.69 Å². The highest BCUT2D eigenvalue weighted by atomic mass is 19.1. The number of nitrogens with one attached hydrogen (secondary N) is 1. The fraction of sp³-hybridized carbons (Fsp3) is 0.312. The summed E-state index contributed by atoms with van der Waals surface area (Å²) in [6.45, 7) is 5.12. The van der Waals surface area contributed by atoms with Crippen molar-refractivity contribution >= 4 is 11.9 Å². The van der Waals surface area contributed by atoms with Crippen molar-refractivity contribution in [2.45, 2.75) is 26.8 Å². The van der Waals surface area contributed by atoms with Gasteiger partial charge in [-0.25, -0.2) is 13.9 Å². The van der Waals surface area contributed by atoms with Gasteiger partial charge < -0.3 is 10.4 Å². The van der Waals surface area contributed by atoms with E-state index in [1.165, 1.54) is 28.9 Å². The van der Waals surface area contributed by atoms with Crippen LogP contribution in [0.1, 0.15) is 29.9 Å². The van der Waals surface area contributed by atoms with Crippen LogP contribution in [0.3, 0.4) is 0 Å². The predicted octanol–water partition coefficient (Wildman–Crippen LogP) is 2.16. The Hall–Kier alpha value is -2.70. The van der Waals surface area contributed by atoms with E-state index in [0.717, 1.165) is 0 Å². The molecule has 1 atom stereocenters. The first kappa shape index (κ1) is 16.7. The largest absolute Gasteiger partial charge is 0.480 e. The van der Waals surface area contributed by atoms with Crippen LogP contribution in [0.25, 0.3) is 5.69 Å². The number of hydrogen-bond donors (Lipinski definition) is 2. The van der Waals surface area contributed by atoms with Crippen molar-refractivity contribution in [1.29, 1.82) is 0 Å². The predicted molar refractivity (Wildman–Crippen MR) is 82.0 cm³/mol. The molecule has 0 aliphatic rings. The Morgan fingerprint density at radius 3 is 2.39 bits per heavy atom. The number of carbonyl (C=O) groups is 2. The fourth-order valence-electron chi connectivity index (χ4n) is 2.13. The van der Waals surface area contributed by atoms with Crippen LogP contribution in [0.15, 0.2) is 30.5 Å². The SMILES string of the molecule is Cc1cn(-c2ccc(F)cc2)nc1C(=O)N[C@H](C(=O)O)C(C)C. The maximum atomic E-state index is 13.0. The van der Waals surface area contributed by atoms with Crippen LogP contribution >= 0.6 is 0 Å². The Kier molecular flexibility index (Phi) is 4.78. The number of rotatable bonds is 5. The van der Waals surface area contributed by atoms with E-state index in [9.17, 15) is 14.0 Å². The van der Waals surface area contributed by atoms with Gasteiger partial charge in [-0.1, -0.05) is 13.8 Å². The number of benzene rings is 1. The molecule has 0 saturated carbocycles. The number of halogens is 1. The van der Waals surface area contributed by atoms with E-state index in [-0.39, 0.29) is 17.4 Å². The Bertz CT molecular complexity index is 723. The third-order valence-electron chi connectivity index (χ3n) is 3.42. The number of amides is 1. The van der Waals surface area contributed by atoms with Crippen LogP contribution in [-0.2, 0) is 4.79 Å². The van der Waals surface area contributed by atoms with Crippen LogP contribution in [0.4, 0.5) is 4.39 Å². The average Bonchev–Trinajstić information content (AvgIpc) is 2.86. The molecule has 0 aliphatic heterocycles. The van der Waals surface area contributed by atoms with Gasteiger partial charge in [0.1, 0.15) is 11.9 Å². The standard InChI is InChI=1S/C16H18FN3O3/c1-9(2)13(16(22)23)18-15(21)14-10(3)8-20(19-14)12-6-4-11(17)5-7-12/h4-9,13H,1-3H3,(H,18,21)(H,22,23)/t13-/m0/s1. The second-order valence-corrected chi connectivity index (χ2v) is 5.62. The minimum atomic E-state index is -1.09. The summed E-state index contributed by atoms with van der Waals surface area (Å²) in [5, 5.41) is 15.8. The topological polar surface area (TPSA) is 84.2 Å². The van der Waals surface area contributed by atoms with Gasteiger partial charge in [0.15, 0.2) is 5.69 Å². The van der Waals surface area contributed by atoms with Gasteiger partial charge in [0, 0.05) is 11.8 Å². The summed E-state index contributed by atoms with van der Waals surface area (Å²) in [4.78, 5) is 23.4. The first-order valence-electron chi connectivity index (χ1n) is 7.15. The number of hydrogen-bond acceptors (Lipinski definition) is 3.